The van der Waals surface area contributed by atoms with Gasteiger partial charge in [-0.15, -0.1) is 0 Å². The van der Waals surface area contributed by atoms with Crippen LogP contribution in [-0.4, -0.2) is 24.1 Å². The Hall–Kier alpha value is -0.640. The molecule has 0 aromatic carbocycles. The van der Waals surface area contributed by atoms with Gasteiger partial charge in [0, 0.05) is 11.9 Å². The Morgan fingerprint density at radius 3 is 2.46 bits per heavy atom. The fourth-order valence-corrected chi connectivity index (χ4v) is 1.54. The average molecular weight is 208 g/mol. The highest BCUT2D eigenvalue weighted by atomic mass is 31.2. The van der Waals surface area contributed by atoms with Gasteiger partial charge in [0.1, 0.15) is 0 Å². The van der Waals surface area contributed by atoms with Gasteiger partial charge in [-0.25, -0.2) is 4.79 Å². The van der Waals surface area contributed by atoms with Crippen LogP contribution in [0.25, 0.3) is 0 Å². The number of rotatable bonds is 4. The molecule has 5 nitrogen and oxygen atoms in total. The zero-order valence-electron chi connectivity index (χ0n) is 7.76. The predicted molar refractivity (Wildman–Crippen MR) is 47.2 cm³/mol. The van der Waals surface area contributed by atoms with Crippen LogP contribution in [0.3, 0.4) is 0 Å². The van der Waals surface area contributed by atoms with Gasteiger partial charge in [-0.2, -0.15) is 0 Å². The Kier molecular flexibility index (Phi) is 4.91. The summed E-state index contributed by atoms with van der Waals surface area (Å²) in [6.45, 7) is 3.24. The van der Waals surface area contributed by atoms with Crippen LogP contribution in [0, 0.1) is 0 Å². The molecular weight excluding hydrogens is 195 g/mol. The Morgan fingerprint density at radius 1 is 1.54 bits per heavy atom. The summed E-state index contributed by atoms with van der Waals surface area (Å²) in [7, 11) is -2.62. The minimum Gasteiger partial charge on any atom is -0.466 e. The summed E-state index contributed by atoms with van der Waals surface area (Å²) in [6.07, 6.45) is 0.488. The van der Waals surface area contributed by atoms with Gasteiger partial charge in [-0.3, -0.25) is 4.57 Å². The van der Waals surface area contributed by atoms with E-state index in [-0.39, 0.29) is 6.10 Å². The quantitative estimate of drug-likeness (QED) is 0.428. The molecule has 0 saturated carbocycles. The molecule has 0 fully saturated rings. The summed E-state index contributed by atoms with van der Waals surface area (Å²) < 4.78 is 20.0. The van der Waals surface area contributed by atoms with Gasteiger partial charge in [-0.1, -0.05) is 0 Å². The van der Waals surface area contributed by atoms with Crippen LogP contribution >= 0.6 is 7.60 Å². The van der Waals surface area contributed by atoms with E-state index in [0.717, 1.165) is 11.9 Å². The molecule has 0 saturated heterocycles. The highest BCUT2D eigenvalue weighted by molar-refractivity contribution is 7.56. The van der Waals surface area contributed by atoms with E-state index in [2.05, 4.69) is 9.26 Å². The summed E-state index contributed by atoms with van der Waals surface area (Å²) in [5.74, 6) is 0.111. The first-order chi connectivity index (χ1) is 5.87. The van der Waals surface area contributed by atoms with E-state index >= 15 is 0 Å². The Bertz CT molecular complexity index is 245. The molecule has 0 bridgehead atoms. The fraction of sp³-hybridized carbons (Fsp3) is 0.571. The van der Waals surface area contributed by atoms with E-state index in [1.165, 1.54) is 7.11 Å². The van der Waals surface area contributed by atoms with Gasteiger partial charge in [0.15, 0.2) is 0 Å². The lowest BCUT2D eigenvalue weighted by molar-refractivity contribution is -0.134. The summed E-state index contributed by atoms with van der Waals surface area (Å²) in [5, 5.41) is 0. The minimum absolute atomic E-state index is 0.377. The van der Waals surface area contributed by atoms with Crippen molar-refractivity contribution in [2.45, 2.75) is 20.0 Å². The molecule has 0 rings (SSSR count). The predicted octanol–water partition coefficient (Wildman–Crippen LogP) is 1.28. The standard InChI is InChI=1S/C7H13O5P/c1-6(2)12-13(9,10)5-4-7(8)11-3/h4-6H,1-3H3,(H,9,10). The number of hydrogen-bond acceptors (Lipinski definition) is 4. The maximum absolute atomic E-state index is 11.1. The second-order valence-electron chi connectivity index (χ2n) is 2.56. The van der Waals surface area contributed by atoms with Crippen molar-refractivity contribution in [2.24, 2.45) is 0 Å². The van der Waals surface area contributed by atoms with E-state index in [0.29, 0.717) is 0 Å². The first kappa shape index (κ1) is 12.4. The van der Waals surface area contributed by atoms with Gasteiger partial charge in [0.2, 0.25) is 0 Å². The summed E-state index contributed by atoms with van der Waals surface area (Å²) in [5.41, 5.74) is 0. The second-order valence-corrected chi connectivity index (χ2v) is 4.19. The van der Waals surface area contributed by atoms with Crippen LogP contribution in [0.1, 0.15) is 13.8 Å². The summed E-state index contributed by atoms with van der Waals surface area (Å²) in [6, 6.07) is 0. The van der Waals surface area contributed by atoms with E-state index < -0.39 is 13.6 Å². The van der Waals surface area contributed by atoms with Crippen LogP contribution in [0.4, 0.5) is 0 Å². The lowest BCUT2D eigenvalue weighted by atomic mass is 10.5. The Labute approximate surface area is 76.9 Å². The van der Waals surface area contributed by atoms with Crippen molar-refractivity contribution in [3.8, 4) is 0 Å². The molecule has 76 valence electrons. The number of hydrogen-bond donors (Lipinski definition) is 1. The number of carbonyl (C=O) groups excluding carboxylic acids is 1. The van der Waals surface area contributed by atoms with Gasteiger partial charge in [0.05, 0.1) is 13.2 Å². The largest absolute Gasteiger partial charge is 0.466 e. The minimum atomic E-state index is -3.80. The zero-order valence-corrected chi connectivity index (χ0v) is 8.65. The Balaban J connectivity index is 4.24. The number of methoxy groups -OCH3 is 1. The van der Waals surface area contributed by atoms with Crippen molar-refractivity contribution in [3.63, 3.8) is 0 Å². The molecule has 1 unspecified atom stereocenters. The first-order valence-corrected chi connectivity index (χ1v) is 5.30. The van der Waals surface area contributed by atoms with E-state index in [9.17, 15) is 9.36 Å². The Morgan fingerprint density at radius 2 is 2.08 bits per heavy atom. The van der Waals surface area contributed by atoms with Crippen molar-refractivity contribution in [2.75, 3.05) is 7.11 Å². The lowest BCUT2D eigenvalue weighted by Gasteiger charge is -2.10. The molecule has 0 aromatic rings. The molecule has 13 heavy (non-hydrogen) atoms. The molecule has 6 heteroatoms. The molecule has 0 radical (unpaired) electrons. The lowest BCUT2D eigenvalue weighted by Crippen LogP contribution is -1.99. The maximum Gasteiger partial charge on any atom is 0.352 e. The number of carbonyl (C=O) groups is 1. The average Bonchev–Trinajstić information content (AvgIpc) is 1.98. The number of ether oxygens (including phenoxy) is 1. The molecule has 1 atom stereocenters. The monoisotopic (exact) mass is 208 g/mol. The van der Waals surface area contributed by atoms with Crippen LogP contribution in [-0.2, 0) is 18.6 Å². The molecule has 0 aliphatic carbocycles. The molecule has 0 amide bonds. The van der Waals surface area contributed by atoms with E-state index in [1.54, 1.807) is 13.8 Å². The fourth-order valence-electron chi connectivity index (χ4n) is 0.560. The van der Waals surface area contributed by atoms with Gasteiger partial charge in [0.25, 0.3) is 0 Å². The molecule has 0 spiro atoms. The van der Waals surface area contributed by atoms with Crippen molar-refractivity contribution in [1.29, 1.82) is 0 Å². The van der Waals surface area contributed by atoms with Crippen LogP contribution < -0.4 is 0 Å². The van der Waals surface area contributed by atoms with Crippen molar-refractivity contribution in [3.05, 3.63) is 11.9 Å². The summed E-state index contributed by atoms with van der Waals surface area (Å²) in [4.78, 5) is 19.6. The number of esters is 1. The van der Waals surface area contributed by atoms with E-state index in [1.807, 2.05) is 0 Å². The van der Waals surface area contributed by atoms with Gasteiger partial charge >= 0.3 is 13.6 Å². The van der Waals surface area contributed by atoms with Crippen LogP contribution in [0.2, 0.25) is 0 Å². The van der Waals surface area contributed by atoms with Crippen LogP contribution in [0.5, 0.6) is 0 Å². The van der Waals surface area contributed by atoms with Gasteiger partial charge < -0.3 is 14.2 Å². The first-order valence-electron chi connectivity index (χ1n) is 3.65. The molecule has 0 heterocycles. The van der Waals surface area contributed by atoms with Crippen LogP contribution in [0.15, 0.2) is 11.9 Å². The smallest absolute Gasteiger partial charge is 0.352 e. The topological polar surface area (TPSA) is 72.8 Å². The third-order valence-corrected chi connectivity index (χ3v) is 2.21. The third kappa shape index (κ3) is 6.51. The molecule has 0 aromatic heterocycles. The third-order valence-electron chi connectivity index (χ3n) is 0.962. The second kappa shape index (κ2) is 5.17. The van der Waals surface area contributed by atoms with Gasteiger partial charge in [-0.05, 0) is 13.8 Å². The van der Waals surface area contributed by atoms with Crippen molar-refractivity contribution in [1.82, 2.24) is 0 Å². The normalized spacial score (nSPS) is 16.1. The molecule has 1 N–H and O–H groups in total. The molecule has 0 aliphatic heterocycles. The summed E-state index contributed by atoms with van der Waals surface area (Å²) >= 11 is 0. The highest BCUT2D eigenvalue weighted by Gasteiger charge is 2.16. The molecule has 0 aliphatic rings. The SMILES string of the molecule is COC(=O)C=CP(=O)(O)OC(C)C. The van der Waals surface area contributed by atoms with Crippen molar-refractivity contribution >= 4 is 13.6 Å². The van der Waals surface area contributed by atoms with Crippen molar-refractivity contribution < 1.29 is 23.5 Å². The highest BCUT2D eigenvalue weighted by Crippen LogP contribution is 2.44. The molecular formula is C7H13O5P. The zero-order chi connectivity index (χ0) is 10.5. The van der Waals surface area contributed by atoms with E-state index in [4.69, 9.17) is 4.89 Å². The maximum atomic E-state index is 11.1.